The Morgan fingerprint density at radius 3 is 2.75 bits per heavy atom. The largest absolute Gasteiger partial charge is 0.365 e. The zero-order valence-electron chi connectivity index (χ0n) is 9.02. The molecular weight excluding hydrogens is 230 g/mol. The molecule has 0 spiro atoms. The van der Waals surface area contributed by atoms with Crippen molar-refractivity contribution in [2.45, 2.75) is 6.92 Å². The predicted octanol–water partition coefficient (Wildman–Crippen LogP) is 2.03. The van der Waals surface area contributed by atoms with Gasteiger partial charge in [-0.25, -0.2) is 0 Å². The van der Waals surface area contributed by atoms with Gasteiger partial charge in [0.25, 0.3) is 0 Å². The van der Waals surface area contributed by atoms with Crippen LogP contribution in [-0.4, -0.2) is 24.6 Å². The summed E-state index contributed by atoms with van der Waals surface area (Å²) in [6.45, 7) is 3.58. The van der Waals surface area contributed by atoms with E-state index in [2.05, 4.69) is 0 Å². The Labute approximate surface area is 98.9 Å². The third-order valence-corrected chi connectivity index (χ3v) is 2.57. The molecule has 0 aliphatic heterocycles. The number of nitrogens with two attached hydrogens (primary N) is 1. The molecule has 2 N–H and O–H groups in total. The molecule has 0 aliphatic rings. The Morgan fingerprint density at radius 2 is 2.25 bits per heavy atom. The molecule has 0 heterocycles. The maximum Gasteiger partial charge on any atom is 0.310 e. The van der Waals surface area contributed by atoms with Crippen LogP contribution in [0.4, 0.5) is 11.4 Å². The highest BCUT2D eigenvalue weighted by Crippen LogP contribution is 2.34. The zero-order chi connectivity index (χ0) is 12.1. The number of nitrogens with zero attached hydrogens (tertiary/aromatic N) is 2. The van der Waals surface area contributed by atoms with Crippen LogP contribution in [0.3, 0.4) is 0 Å². The number of nitro groups is 1. The highest BCUT2D eigenvalue weighted by atomic mass is 35.5. The predicted molar refractivity (Wildman–Crippen MR) is 65.0 cm³/mol. The number of halogens is 1. The van der Waals surface area contributed by atoms with Crippen molar-refractivity contribution in [2.24, 2.45) is 5.73 Å². The molecule has 0 atom stereocenters. The molecule has 0 amide bonds. The van der Waals surface area contributed by atoms with Crippen LogP contribution < -0.4 is 10.6 Å². The highest BCUT2D eigenvalue weighted by molar-refractivity contribution is 6.33. The second-order valence-electron chi connectivity index (χ2n) is 3.23. The zero-order valence-corrected chi connectivity index (χ0v) is 9.78. The van der Waals surface area contributed by atoms with Crippen LogP contribution in [0.15, 0.2) is 18.2 Å². The van der Waals surface area contributed by atoms with Gasteiger partial charge in [-0.1, -0.05) is 17.7 Å². The minimum atomic E-state index is -0.461. The lowest BCUT2D eigenvalue weighted by Gasteiger charge is -2.22. The van der Waals surface area contributed by atoms with Crippen molar-refractivity contribution >= 4 is 23.0 Å². The maximum atomic E-state index is 10.9. The van der Waals surface area contributed by atoms with Crippen LogP contribution in [0.2, 0.25) is 5.02 Å². The molecule has 0 radical (unpaired) electrons. The first kappa shape index (κ1) is 12.7. The van der Waals surface area contributed by atoms with E-state index < -0.39 is 4.92 Å². The Balaban J connectivity index is 3.20. The van der Waals surface area contributed by atoms with Gasteiger partial charge in [0.05, 0.1) is 4.92 Å². The van der Waals surface area contributed by atoms with Crippen LogP contribution in [-0.2, 0) is 0 Å². The number of nitro benzene ring substituents is 1. The normalized spacial score (nSPS) is 10.2. The van der Waals surface area contributed by atoms with Crippen molar-refractivity contribution < 1.29 is 4.92 Å². The number of para-hydroxylation sites is 1. The monoisotopic (exact) mass is 243 g/mol. The number of rotatable bonds is 5. The summed E-state index contributed by atoms with van der Waals surface area (Å²) < 4.78 is 0. The van der Waals surface area contributed by atoms with Crippen molar-refractivity contribution in [3.05, 3.63) is 33.3 Å². The van der Waals surface area contributed by atoms with Crippen molar-refractivity contribution in [1.29, 1.82) is 0 Å². The fraction of sp³-hybridized carbons (Fsp3) is 0.400. The average molecular weight is 244 g/mol. The molecule has 16 heavy (non-hydrogen) atoms. The molecule has 5 nitrogen and oxygen atoms in total. The van der Waals surface area contributed by atoms with E-state index in [1.807, 2.05) is 11.8 Å². The first-order valence-electron chi connectivity index (χ1n) is 4.99. The van der Waals surface area contributed by atoms with Gasteiger partial charge in [-0.2, -0.15) is 0 Å². The van der Waals surface area contributed by atoms with E-state index in [0.717, 1.165) is 0 Å². The van der Waals surface area contributed by atoms with Crippen LogP contribution in [0, 0.1) is 10.1 Å². The summed E-state index contributed by atoms with van der Waals surface area (Å²) in [6, 6.07) is 4.90. The summed E-state index contributed by atoms with van der Waals surface area (Å²) in [6.07, 6.45) is 0. The Morgan fingerprint density at radius 1 is 1.56 bits per heavy atom. The number of hydrogen-bond donors (Lipinski definition) is 1. The van der Waals surface area contributed by atoms with E-state index in [0.29, 0.717) is 25.3 Å². The summed E-state index contributed by atoms with van der Waals surface area (Å²) in [5.74, 6) is 0. The highest BCUT2D eigenvalue weighted by Gasteiger charge is 2.21. The number of hydrogen-bond acceptors (Lipinski definition) is 4. The molecule has 1 aromatic carbocycles. The number of anilines is 1. The minimum absolute atomic E-state index is 0.0560. The molecule has 0 aromatic heterocycles. The van der Waals surface area contributed by atoms with Gasteiger partial charge in [-0.05, 0) is 19.1 Å². The smallest absolute Gasteiger partial charge is 0.310 e. The lowest BCUT2D eigenvalue weighted by Crippen LogP contribution is -2.29. The third-order valence-electron chi connectivity index (χ3n) is 2.27. The second kappa shape index (κ2) is 5.67. The number of benzene rings is 1. The molecule has 0 fully saturated rings. The SMILES string of the molecule is CCN(CCN)c1cccc(Cl)c1[N+](=O)[O-]. The van der Waals surface area contributed by atoms with Gasteiger partial charge >= 0.3 is 5.69 Å². The Kier molecular flexibility index (Phi) is 4.52. The molecule has 88 valence electrons. The summed E-state index contributed by atoms with van der Waals surface area (Å²) in [5, 5.41) is 11.1. The van der Waals surface area contributed by atoms with E-state index in [9.17, 15) is 10.1 Å². The quantitative estimate of drug-likeness (QED) is 0.634. The van der Waals surface area contributed by atoms with Crippen LogP contribution >= 0.6 is 11.6 Å². The van der Waals surface area contributed by atoms with Gasteiger partial charge in [0.1, 0.15) is 10.7 Å². The standard InChI is InChI=1S/C10H14ClN3O2/c1-2-13(7-6-12)9-5-3-4-8(11)10(9)14(15)16/h3-5H,2,6-7,12H2,1H3. The fourth-order valence-electron chi connectivity index (χ4n) is 1.54. The van der Waals surface area contributed by atoms with Gasteiger partial charge in [0, 0.05) is 19.6 Å². The summed E-state index contributed by atoms with van der Waals surface area (Å²) in [7, 11) is 0. The topological polar surface area (TPSA) is 72.4 Å². The Hall–Kier alpha value is -1.33. The van der Waals surface area contributed by atoms with Gasteiger partial charge in [-0.3, -0.25) is 10.1 Å². The van der Waals surface area contributed by atoms with Crippen molar-refractivity contribution in [2.75, 3.05) is 24.5 Å². The summed E-state index contributed by atoms with van der Waals surface area (Å²) in [4.78, 5) is 12.3. The molecule has 6 heteroatoms. The van der Waals surface area contributed by atoms with E-state index in [1.54, 1.807) is 12.1 Å². The average Bonchev–Trinajstić information content (AvgIpc) is 2.25. The van der Waals surface area contributed by atoms with Crippen molar-refractivity contribution in [1.82, 2.24) is 0 Å². The molecule has 0 bridgehead atoms. The minimum Gasteiger partial charge on any atom is -0.365 e. The summed E-state index contributed by atoms with van der Waals surface area (Å²) >= 11 is 5.83. The Bertz CT molecular complexity index is 384. The molecule has 0 aliphatic carbocycles. The van der Waals surface area contributed by atoms with Crippen LogP contribution in [0.5, 0.6) is 0 Å². The van der Waals surface area contributed by atoms with Crippen molar-refractivity contribution in [3.8, 4) is 0 Å². The van der Waals surface area contributed by atoms with E-state index >= 15 is 0 Å². The summed E-state index contributed by atoms with van der Waals surface area (Å²) in [5.41, 5.74) is 5.92. The molecule has 0 saturated carbocycles. The molecule has 0 saturated heterocycles. The first-order chi connectivity index (χ1) is 7.61. The molecule has 1 rings (SSSR count). The molecule has 1 aromatic rings. The lowest BCUT2D eigenvalue weighted by atomic mass is 10.2. The van der Waals surface area contributed by atoms with Crippen LogP contribution in [0.1, 0.15) is 6.92 Å². The fourth-order valence-corrected chi connectivity index (χ4v) is 1.78. The first-order valence-corrected chi connectivity index (χ1v) is 5.37. The van der Waals surface area contributed by atoms with E-state index in [1.165, 1.54) is 6.07 Å². The van der Waals surface area contributed by atoms with Gasteiger partial charge < -0.3 is 10.6 Å². The van der Waals surface area contributed by atoms with Crippen molar-refractivity contribution in [3.63, 3.8) is 0 Å². The number of likely N-dealkylation sites (N-methyl/N-ethyl adjacent to an activating group) is 1. The van der Waals surface area contributed by atoms with Gasteiger partial charge in [0.15, 0.2) is 0 Å². The molecule has 0 unspecified atom stereocenters. The van der Waals surface area contributed by atoms with Gasteiger partial charge in [0.2, 0.25) is 0 Å². The molecular formula is C10H14ClN3O2. The van der Waals surface area contributed by atoms with E-state index in [-0.39, 0.29) is 10.7 Å². The third kappa shape index (κ3) is 2.62. The van der Waals surface area contributed by atoms with Crippen LogP contribution in [0.25, 0.3) is 0 Å². The maximum absolute atomic E-state index is 10.9. The van der Waals surface area contributed by atoms with E-state index in [4.69, 9.17) is 17.3 Å². The second-order valence-corrected chi connectivity index (χ2v) is 3.64. The lowest BCUT2D eigenvalue weighted by molar-refractivity contribution is -0.384. The van der Waals surface area contributed by atoms with Gasteiger partial charge in [-0.15, -0.1) is 0 Å².